The molecule has 1 aromatic carbocycles. The molecule has 8 nitrogen and oxygen atoms in total. The van der Waals surface area contributed by atoms with E-state index in [0.29, 0.717) is 25.1 Å². The Morgan fingerprint density at radius 3 is 2.70 bits per heavy atom. The molecule has 1 saturated heterocycles. The minimum Gasteiger partial charge on any atom is -0.463 e. The van der Waals surface area contributed by atoms with Crippen molar-refractivity contribution in [1.82, 2.24) is 15.6 Å². The van der Waals surface area contributed by atoms with Crippen LogP contribution in [0.25, 0.3) is 11.3 Å². The lowest BCUT2D eigenvalue weighted by molar-refractivity contribution is -0.137. The predicted molar refractivity (Wildman–Crippen MR) is 140 cm³/mol. The molecule has 0 aliphatic carbocycles. The van der Waals surface area contributed by atoms with Gasteiger partial charge in [-0.2, -0.15) is 0 Å². The maximum Gasteiger partial charge on any atom is 0.330 e. The molecule has 3 N–H and O–H groups in total. The summed E-state index contributed by atoms with van der Waals surface area (Å²) in [7, 11) is 0. The third-order valence-corrected chi connectivity index (χ3v) is 6.37. The van der Waals surface area contributed by atoms with Crippen LogP contribution in [0.2, 0.25) is 0 Å². The Morgan fingerprint density at radius 2 is 2.03 bits per heavy atom. The highest BCUT2D eigenvalue weighted by Gasteiger charge is 2.29. The zero-order valence-corrected chi connectivity index (χ0v) is 21.2. The largest absolute Gasteiger partial charge is 0.463 e. The maximum atomic E-state index is 13.2. The molecule has 0 spiro atoms. The van der Waals surface area contributed by atoms with Gasteiger partial charge in [0.15, 0.2) is 5.78 Å². The van der Waals surface area contributed by atoms with Crippen LogP contribution in [-0.4, -0.2) is 47.7 Å². The molecule has 2 aromatic rings. The third kappa shape index (κ3) is 7.68. The Morgan fingerprint density at radius 1 is 1.24 bits per heavy atom. The molecule has 0 unspecified atom stereocenters. The molecule has 194 valence electrons. The summed E-state index contributed by atoms with van der Waals surface area (Å²) >= 11 is 0. The van der Waals surface area contributed by atoms with Crippen LogP contribution in [0.4, 0.5) is 0 Å². The molecule has 37 heavy (non-hydrogen) atoms. The van der Waals surface area contributed by atoms with Crippen molar-refractivity contribution < 1.29 is 23.9 Å². The molecule has 0 saturated carbocycles. The normalized spacial score (nSPS) is 16.6. The summed E-state index contributed by atoms with van der Waals surface area (Å²) in [5.41, 5.74) is 3.28. The number of aromatic nitrogens is 1. The molecule has 1 aromatic heterocycles. The number of Topliss-reactive ketones (excluding diaryl/α,β-unsaturated/α-hetero) is 1. The number of nitrogens with one attached hydrogen (secondary N) is 3. The lowest BCUT2D eigenvalue weighted by Gasteiger charge is -2.21. The van der Waals surface area contributed by atoms with Gasteiger partial charge in [0.1, 0.15) is 0 Å². The highest BCUT2D eigenvalue weighted by atomic mass is 16.5. The van der Waals surface area contributed by atoms with E-state index in [9.17, 15) is 19.2 Å². The molecule has 0 bridgehead atoms. The number of terminal acetylenes is 1. The molecule has 3 atom stereocenters. The van der Waals surface area contributed by atoms with E-state index < -0.39 is 23.8 Å². The number of benzene rings is 1. The van der Waals surface area contributed by atoms with Crippen molar-refractivity contribution in [3.05, 3.63) is 59.8 Å². The standard InChI is InChI=1S/C29H33N3O5/c1-4-8-20(18-26(33)25-13-12-24(32-25)23-10-7-6-9-19(23)3)29(36)31-22(11-14-27(34)37-5-2)17-21-15-16-30-28(21)35/h1,6-7,9-14,20-22,32H,5,8,15-18H2,2-3H3,(H,30,35)(H,31,36)/t20-,21+,22-/m1/s1. The van der Waals surface area contributed by atoms with E-state index in [1.807, 2.05) is 37.3 Å². The number of aryl methyl sites for hydroxylation is 1. The van der Waals surface area contributed by atoms with Gasteiger partial charge in [-0.1, -0.05) is 30.3 Å². The summed E-state index contributed by atoms with van der Waals surface area (Å²) in [6.45, 7) is 4.49. The van der Waals surface area contributed by atoms with Gasteiger partial charge in [-0.25, -0.2) is 4.79 Å². The number of hydrogen-bond donors (Lipinski definition) is 3. The van der Waals surface area contributed by atoms with Crippen molar-refractivity contribution in [1.29, 1.82) is 0 Å². The Hall–Kier alpha value is -4.12. The molecular formula is C29H33N3O5. The van der Waals surface area contributed by atoms with Crippen LogP contribution in [0.5, 0.6) is 0 Å². The molecule has 1 fully saturated rings. The van der Waals surface area contributed by atoms with Crippen LogP contribution in [0.15, 0.2) is 48.6 Å². The van der Waals surface area contributed by atoms with Crippen molar-refractivity contribution in [3.8, 4) is 23.6 Å². The van der Waals surface area contributed by atoms with Crippen LogP contribution in [0.1, 0.15) is 48.7 Å². The molecule has 1 aliphatic heterocycles. The van der Waals surface area contributed by atoms with Crippen LogP contribution < -0.4 is 10.6 Å². The van der Waals surface area contributed by atoms with E-state index in [1.54, 1.807) is 13.0 Å². The Bertz CT molecular complexity index is 1210. The van der Waals surface area contributed by atoms with E-state index in [4.69, 9.17) is 11.2 Å². The van der Waals surface area contributed by atoms with Crippen LogP contribution in [0, 0.1) is 31.1 Å². The number of carbonyl (C=O) groups excluding carboxylic acids is 4. The number of ether oxygens (including phenoxy) is 1. The minimum atomic E-state index is -0.765. The summed E-state index contributed by atoms with van der Waals surface area (Å²) < 4.78 is 4.92. The Labute approximate surface area is 217 Å². The topological polar surface area (TPSA) is 117 Å². The van der Waals surface area contributed by atoms with Crippen LogP contribution in [-0.2, 0) is 19.1 Å². The number of H-pyrrole nitrogens is 1. The summed E-state index contributed by atoms with van der Waals surface area (Å²) in [6, 6.07) is 10.8. The van der Waals surface area contributed by atoms with Crippen molar-refractivity contribution in [2.75, 3.05) is 13.2 Å². The van der Waals surface area contributed by atoms with Crippen molar-refractivity contribution in [2.24, 2.45) is 11.8 Å². The van der Waals surface area contributed by atoms with Crippen molar-refractivity contribution in [3.63, 3.8) is 0 Å². The van der Waals surface area contributed by atoms with Crippen molar-refractivity contribution in [2.45, 2.75) is 45.6 Å². The molecule has 3 rings (SSSR count). The van der Waals surface area contributed by atoms with Gasteiger partial charge in [0.25, 0.3) is 0 Å². The van der Waals surface area contributed by atoms with Gasteiger partial charge in [-0.3, -0.25) is 14.4 Å². The first-order valence-electron chi connectivity index (χ1n) is 12.5. The lowest BCUT2D eigenvalue weighted by atomic mass is 9.94. The van der Waals surface area contributed by atoms with Gasteiger partial charge in [0.2, 0.25) is 11.8 Å². The summed E-state index contributed by atoms with van der Waals surface area (Å²) in [4.78, 5) is 53.3. The monoisotopic (exact) mass is 503 g/mol. The van der Waals surface area contributed by atoms with Gasteiger partial charge in [0, 0.05) is 48.7 Å². The Kier molecular flexibility index (Phi) is 9.84. The average Bonchev–Trinajstić information content (AvgIpc) is 3.52. The average molecular weight is 504 g/mol. The fraction of sp³-hybridized carbons (Fsp3) is 0.379. The third-order valence-electron chi connectivity index (χ3n) is 6.37. The summed E-state index contributed by atoms with van der Waals surface area (Å²) in [6.07, 6.45) is 9.23. The fourth-order valence-corrected chi connectivity index (χ4v) is 4.37. The first-order chi connectivity index (χ1) is 17.8. The predicted octanol–water partition coefficient (Wildman–Crippen LogP) is 3.33. The second-order valence-electron chi connectivity index (χ2n) is 9.07. The van der Waals surface area contributed by atoms with E-state index in [2.05, 4.69) is 21.5 Å². The second kappa shape index (κ2) is 13.3. The number of rotatable bonds is 12. The van der Waals surface area contributed by atoms with Gasteiger partial charge in [0.05, 0.1) is 18.2 Å². The first-order valence-corrected chi connectivity index (χ1v) is 12.5. The first kappa shape index (κ1) is 27.5. The number of ketones is 1. The van der Waals surface area contributed by atoms with Gasteiger partial charge < -0.3 is 20.4 Å². The highest BCUT2D eigenvalue weighted by Crippen LogP contribution is 2.24. The zero-order chi connectivity index (χ0) is 26.8. The zero-order valence-electron chi connectivity index (χ0n) is 21.2. The van der Waals surface area contributed by atoms with Gasteiger partial charge in [-0.05, 0) is 44.4 Å². The van der Waals surface area contributed by atoms with E-state index in [-0.39, 0.29) is 37.1 Å². The maximum absolute atomic E-state index is 13.2. The number of carbonyl (C=O) groups is 4. The summed E-state index contributed by atoms with van der Waals surface area (Å²) in [5.74, 6) is 0.165. The quantitative estimate of drug-likeness (QED) is 0.178. The Balaban J connectivity index is 1.71. The van der Waals surface area contributed by atoms with E-state index >= 15 is 0 Å². The fourth-order valence-electron chi connectivity index (χ4n) is 4.37. The molecule has 8 heteroatoms. The smallest absolute Gasteiger partial charge is 0.330 e. The second-order valence-corrected chi connectivity index (χ2v) is 9.07. The molecule has 2 amide bonds. The van der Waals surface area contributed by atoms with Gasteiger partial charge in [-0.15, -0.1) is 12.3 Å². The number of hydrogen-bond acceptors (Lipinski definition) is 5. The number of amides is 2. The lowest BCUT2D eigenvalue weighted by Crippen LogP contribution is -2.40. The highest BCUT2D eigenvalue weighted by molar-refractivity contribution is 5.98. The number of aromatic amines is 1. The van der Waals surface area contributed by atoms with E-state index in [1.165, 1.54) is 12.2 Å². The van der Waals surface area contributed by atoms with Crippen molar-refractivity contribution >= 4 is 23.6 Å². The number of esters is 1. The SMILES string of the molecule is C#CC[C@H](CC(=O)c1ccc(-c2ccccc2C)[nH]1)C(=O)N[C@H](C=CC(=O)OCC)C[C@@H]1CCNC1=O. The van der Waals surface area contributed by atoms with E-state index in [0.717, 1.165) is 16.8 Å². The summed E-state index contributed by atoms with van der Waals surface area (Å²) in [5, 5.41) is 5.65. The molecule has 0 radical (unpaired) electrons. The van der Waals surface area contributed by atoms with Gasteiger partial charge >= 0.3 is 5.97 Å². The van der Waals surface area contributed by atoms with Crippen LogP contribution in [0.3, 0.4) is 0 Å². The minimum absolute atomic E-state index is 0.0706. The molecule has 2 heterocycles. The van der Waals surface area contributed by atoms with Crippen LogP contribution >= 0.6 is 0 Å². The molecular weight excluding hydrogens is 470 g/mol. The molecule has 1 aliphatic rings.